The summed E-state index contributed by atoms with van der Waals surface area (Å²) >= 11 is 0. The number of rotatable bonds is 3. The lowest BCUT2D eigenvalue weighted by Crippen LogP contribution is -2.30. The lowest BCUT2D eigenvalue weighted by atomic mass is 10.0. The van der Waals surface area contributed by atoms with Crippen LogP contribution in [-0.2, 0) is 6.54 Å². The van der Waals surface area contributed by atoms with Crippen LogP contribution in [0.25, 0.3) is 0 Å². The second-order valence-electron chi connectivity index (χ2n) is 3.86. The monoisotopic (exact) mass is 205 g/mol. The van der Waals surface area contributed by atoms with Crippen LogP contribution in [0.4, 0.5) is 0 Å². The zero-order valence-corrected chi connectivity index (χ0v) is 9.62. The molecule has 1 aromatic carbocycles. The minimum absolute atomic E-state index is 0.475. The number of hydrogen-bond acceptors (Lipinski definition) is 1. The fraction of sp³-hybridized carbons (Fsp3) is 0.417. The summed E-state index contributed by atoms with van der Waals surface area (Å²) in [6.45, 7) is 5.10. The summed E-state index contributed by atoms with van der Waals surface area (Å²) in [5, 5.41) is 3.03. The van der Waals surface area contributed by atoms with E-state index in [0.717, 1.165) is 6.54 Å². The van der Waals surface area contributed by atoms with Gasteiger partial charge >= 0.3 is 0 Å². The zero-order chi connectivity index (χ0) is 11.3. The minimum Gasteiger partial charge on any atom is -0.370 e. The van der Waals surface area contributed by atoms with Crippen LogP contribution in [0.2, 0.25) is 0 Å². The van der Waals surface area contributed by atoms with Gasteiger partial charge in [-0.3, -0.25) is 4.99 Å². The Morgan fingerprint density at radius 1 is 1.33 bits per heavy atom. The van der Waals surface area contributed by atoms with E-state index in [0.29, 0.717) is 11.9 Å². The molecule has 0 aliphatic rings. The molecule has 3 N–H and O–H groups in total. The van der Waals surface area contributed by atoms with E-state index in [1.807, 2.05) is 0 Å². The van der Waals surface area contributed by atoms with Crippen molar-refractivity contribution in [3.8, 4) is 0 Å². The first-order valence-electron chi connectivity index (χ1n) is 5.18. The third-order valence-corrected chi connectivity index (χ3v) is 2.36. The third-order valence-electron chi connectivity index (χ3n) is 2.36. The van der Waals surface area contributed by atoms with Crippen LogP contribution in [0.5, 0.6) is 0 Å². The summed E-state index contributed by atoms with van der Waals surface area (Å²) in [6.07, 6.45) is 0. The molecule has 0 spiro atoms. The summed E-state index contributed by atoms with van der Waals surface area (Å²) < 4.78 is 0. The molecule has 0 saturated carbocycles. The SMILES string of the molecule is CN=C(N)NCc1ccc(C(C)C)cc1. The molecule has 0 aromatic heterocycles. The van der Waals surface area contributed by atoms with Crippen molar-refractivity contribution in [2.24, 2.45) is 10.7 Å². The van der Waals surface area contributed by atoms with Crippen LogP contribution in [0, 0.1) is 0 Å². The van der Waals surface area contributed by atoms with Gasteiger partial charge in [0.25, 0.3) is 0 Å². The highest BCUT2D eigenvalue weighted by molar-refractivity contribution is 5.77. The quantitative estimate of drug-likeness (QED) is 0.584. The summed E-state index contributed by atoms with van der Waals surface area (Å²) in [5.74, 6) is 1.05. The Bertz CT molecular complexity index is 325. The van der Waals surface area contributed by atoms with Gasteiger partial charge in [0.15, 0.2) is 5.96 Å². The Morgan fingerprint density at radius 3 is 2.40 bits per heavy atom. The van der Waals surface area contributed by atoms with E-state index in [1.54, 1.807) is 7.05 Å². The van der Waals surface area contributed by atoms with Gasteiger partial charge < -0.3 is 11.1 Å². The Hall–Kier alpha value is -1.51. The van der Waals surface area contributed by atoms with Crippen LogP contribution in [0.1, 0.15) is 30.9 Å². The maximum atomic E-state index is 5.54. The molecule has 0 aliphatic carbocycles. The van der Waals surface area contributed by atoms with Crippen molar-refractivity contribution in [3.05, 3.63) is 35.4 Å². The number of aliphatic imine (C=N–C) groups is 1. The molecule has 3 heteroatoms. The topological polar surface area (TPSA) is 50.4 Å². The summed E-state index contributed by atoms with van der Waals surface area (Å²) in [6, 6.07) is 8.54. The molecule has 0 heterocycles. The average Bonchev–Trinajstić information content (AvgIpc) is 2.26. The Morgan fingerprint density at radius 2 is 1.93 bits per heavy atom. The Balaban J connectivity index is 2.57. The fourth-order valence-corrected chi connectivity index (χ4v) is 1.29. The molecular formula is C12H19N3. The maximum Gasteiger partial charge on any atom is 0.188 e. The summed E-state index contributed by atoms with van der Waals surface area (Å²) in [4.78, 5) is 3.83. The number of nitrogens with two attached hydrogens (primary N) is 1. The second kappa shape index (κ2) is 5.39. The van der Waals surface area contributed by atoms with Gasteiger partial charge in [-0.15, -0.1) is 0 Å². The van der Waals surface area contributed by atoms with Crippen molar-refractivity contribution in [3.63, 3.8) is 0 Å². The smallest absolute Gasteiger partial charge is 0.188 e. The first kappa shape index (κ1) is 11.6. The molecule has 0 amide bonds. The molecule has 0 fully saturated rings. The van der Waals surface area contributed by atoms with E-state index in [1.165, 1.54) is 11.1 Å². The molecule has 3 nitrogen and oxygen atoms in total. The van der Waals surface area contributed by atoms with E-state index >= 15 is 0 Å². The molecule has 0 radical (unpaired) electrons. The van der Waals surface area contributed by atoms with Crippen molar-refractivity contribution in [1.82, 2.24) is 5.32 Å². The Labute approximate surface area is 91.4 Å². The van der Waals surface area contributed by atoms with E-state index in [-0.39, 0.29) is 0 Å². The molecule has 0 bridgehead atoms. The Kier molecular flexibility index (Phi) is 4.16. The lowest BCUT2D eigenvalue weighted by molar-refractivity contribution is 0.858. The zero-order valence-electron chi connectivity index (χ0n) is 9.62. The van der Waals surface area contributed by atoms with Gasteiger partial charge in [0, 0.05) is 13.6 Å². The van der Waals surface area contributed by atoms with Crippen LogP contribution < -0.4 is 11.1 Å². The summed E-state index contributed by atoms with van der Waals surface area (Å²) in [7, 11) is 1.67. The predicted molar refractivity (Wildman–Crippen MR) is 64.9 cm³/mol. The first-order valence-corrected chi connectivity index (χ1v) is 5.18. The van der Waals surface area contributed by atoms with Crippen LogP contribution >= 0.6 is 0 Å². The summed E-state index contributed by atoms with van der Waals surface area (Å²) in [5.41, 5.74) is 8.11. The van der Waals surface area contributed by atoms with Crippen molar-refractivity contribution in [1.29, 1.82) is 0 Å². The molecule has 1 rings (SSSR count). The highest BCUT2D eigenvalue weighted by Gasteiger charge is 1.98. The number of nitrogens with one attached hydrogen (secondary N) is 1. The molecule has 0 aliphatic heterocycles. The van der Waals surface area contributed by atoms with Crippen molar-refractivity contribution in [2.45, 2.75) is 26.3 Å². The molecule has 15 heavy (non-hydrogen) atoms. The first-order chi connectivity index (χ1) is 7.13. The van der Waals surface area contributed by atoms with Crippen LogP contribution in [0.3, 0.4) is 0 Å². The van der Waals surface area contributed by atoms with E-state index in [9.17, 15) is 0 Å². The average molecular weight is 205 g/mol. The van der Waals surface area contributed by atoms with Gasteiger partial charge in [0.05, 0.1) is 0 Å². The van der Waals surface area contributed by atoms with Crippen molar-refractivity contribution in [2.75, 3.05) is 7.05 Å². The van der Waals surface area contributed by atoms with Crippen molar-refractivity contribution >= 4 is 5.96 Å². The number of guanidine groups is 1. The molecule has 82 valence electrons. The van der Waals surface area contributed by atoms with E-state index < -0.39 is 0 Å². The van der Waals surface area contributed by atoms with Gasteiger partial charge in [0.2, 0.25) is 0 Å². The van der Waals surface area contributed by atoms with Gasteiger partial charge in [-0.1, -0.05) is 38.1 Å². The van der Waals surface area contributed by atoms with Crippen LogP contribution in [0.15, 0.2) is 29.3 Å². The van der Waals surface area contributed by atoms with Gasteiger partial charge in [-0.05, 0) is 17.0 Å². The largest absolute Gasteiger partial charge is 0.370 e. The van der Waals surface area contributed by atoms with Gasteiger partial charge in [-0.2, -0.15) is 0 Å². The molecule has 0 unspecified atom stereocenters. The highest BCUT2D eigenvalue weighted by Crippen LogP contribution is 2.14. The molecule has 0 saturated heterocycles. The third kappa shape index (κ3) is 3.62. The van der Waals surface area contributed by atoms with Crippen molar-refractivity contribution < 1.29 is 0 Å². The normalized spacial score (nSPS) is 11.9. The maximum absolute atomic E-state index is 5.54. The van der Waals surface area contributed by atoms with Gasteiger partial charge in [0.1, 0.15) is 0 Å². The highest BCUT2D eigenvalue weighted by atomic mass is 15.1. The standard InChI is InChI=1S/C12H19N3/c1-9(2)11-6-4-10(5-7-11)8-15-12(13)14-3/h4-7,9H,8H2,1-3H3,(H3,13,14,15). The lowest BCUT2D eigenvalue weighted by Gasteiger charge is -2.08. The number of nitrogens with zero attached hydrogens (tertiary/aromatic N) is 1. The van der Waals surface area contributed by atoms with E-state index in [2.05, 4.69) is 48.4 Å². The minimum atomic E-state index is 0.475. The predicted octanol–water partition coefficient (Wildman–Crippen LogP) is 1.84. The number of benzene rings is 1. The molecule has 1 aromatic rings. The second-order valence-corrected chi connectivity index (χ2v) is 3.86. The van der Waals surface area contributed by atoms with Gasteiger partial charge in [-0.25, -0.2) is 0 Å². The molecular weight excluding hydrogens is 186 g/mol. The number of hydrogen-bond donors (Lipinski definition) is 2. The fourth-order valence-electron chi connectivity index (χ4n) is 1.29. The van der Waals surface area contributed by atoms with E-state index in [4.69, 9.17) is 5.73 Å². The van der Waals surface area contributed by atoms with Crippen LogP contribution in [-0.4, -0.2) is 13.0 Å². The molecule has 0 atom stereocenters.